The summed E-state index contributed by atoms with van der Waals surface area (Å²) in [7, 11) is 0. The van der Waals surface area contributed by atoms with E-state index in [2.05, 4.69) is 10.2 Å². The molecule has 3 fully saturated rings. The Hall–Kier alpha value is -1.69. The molecule has 27 heavy (non-hydrogen) atoms. The molecule has 4 rings (SSSR count). The summed E-state index contributed by atoms with van der Waals surface area (Å²) < 4.78 is 32.6. The van der Waals surface area contributed by atoms with Crippen LogP contribution in [0.3, 0.4) is 0 Å². The first-order chi connectivity index (χ1) is 13.0. The van der Waals surface area contributed by atoms with Crippen molar-refractivity contribution in [2.24, 2.45) is 5.41 Å². The maximum Gasteiger partial charge on any atom is 0.407 e. The fraction of sp³-hybridized carbons (Fsp3) is 0.667. The molecule has 0 radical (unpaired) electrons. The normalized spacial score (nSPS) is 23.3. The van der Waals surface area contributed by atoms with Crippen molar-refractivity contribution in [3.63, 3.8) is 0 Å². The Labute approximate surface area is 159 Å². The molecular weight excluding hydrogens is 350 g/mol. The number of carbonyl (C=O) groups is 1. The van der Waals surface area contributed by atoms with Crippen molar-refractivity contribution in [2.75, 3.05) is 13.1 Å². The third-order valence-electron chi connectivity index (χ3n) is 6.58. The van der Waals surface area contributed by atoms with Gasteiger partial charge in [0.05, 0.1) is 0 Å². The Kier molecular flexibility index (Phi) is 5.35. The molecule has 1 amide bonds. The fourth-order valence-electron chi connectivity index (χ4n) is 4.95. The van der Waals surface area contributed by atoms with E-state index < -0.39 is 5.82 Å². The zero-order valence-corrected chi connectivity index (χ0v) is 15.7. The van der Waals surface area contributed by atoms with Gasteiger partial charge in [-0.05, 0) is 88.1 Å². The molecular formula is C21H28F2N2O2. The molecule has 1 aromatic carbocycles. The van der Waals surface area contributed by atoms with E-state index >= 15 is 0 Å². The number of nitrogens with one attached hydrogen (secondary N) is 1. The van der Waals surface area contributed by atoms with Gasteiger partial charge in [0.15, 0.2) is 0 Å². The molecule has 1 heterocycles. The van der Waals surface area contributed by atoms with Crippen molar-refractivity contribution in [2.45, 2.75) is 70.1 Å². The standard InChI is InChI=1S/C21H28F2N2O2/c22-16-5-6-19(23)15(11-16)14-25-9-7-21(8-10-25)12-17(13-21)24-20(26)27-18-3-1-2-4-18/h5-6,11,17-18H,1-4,7-10,12-14H2,(H,24,26). The summed E-state index contributed by atoms with van der Waals surface area (Å²) in [6.07, 6.45) is 8.20. The molecule has 1 aromatic rings. The van der Waals surface area contributed by atoms with Gasteiger partial charge in [-0.15, -0.1) is 0 Å². The molecule has 0 aromatic heterocycles. The SMILES string of the molecule is O=C(NC1CC2(CCN(Cc3cc(F)ccc3F)CC2)C1)OC1CCCC1. The van der Waals surface area contributed by atoms with Gasteiger partial charge >= 0.3 is 6.09 Å². The Bertz CT molecular complexity index is 675. The Morgan fingerprint density at radius 1 is 1.19 bits per heavy atom. The molecule has 2 saturated carbocycles. The number of ether oxygens (including phenoxy) is 1. The highest BCUT2D eigenvalue weighted by molar-refractivity contribution is 5.68. The summed E-state index contributed by atoms with van der Waals surface area (Å²) >= 11 is 0. The van der Waals surface area contributed by atoms with E-state index in [0.717, 1.165) is 70.5 Å². The second-order valence-electron chi connectivity index (χ2n) is 8.57. The number of hydrogen-bond acceptors (Lipinski definition) is 3. The summed E-state index contributed by atoms with van der Waals surface area (Å²) in [4.78, 5) is 14.2. The van der Waals surface area contributed by atoms with Crippen LogP contribution >= 0.6 is 0 Å². The number of piperidine rings is 1. The quantitative estimate of drug-likeness (QED) is 0.845. The summed E-state index contributed by atoms with van der Waals surface area (Å²) in [5.41, 5.74) is 0.719. The summed E-state index contributed by atoms with van der Waals surface area (Å²) in [6.45, 7) is 2.22. The molecule has 1 N–H and O–H groups in total. The lowest BCUT2D eigenvalue weighted by Gasteiger charge is -2.52. The zero-order chi connectivity index (χ0) is 18.9. The number of benzene rings is 1. The monoisotopic (exact) mass is 378 g/mol. The predicted molar refractivity (Wildman–Crippen MR) is 98.2 cm³/mol. The van der Waals surface area contributed by atoms with Crippen molar-refractivity contribution >= 4 is 6.09 Å². The highest BCUT2D eigenvalue weighted by atomic mass is 19.1. The average molecular weight is 378 g/mol. The van der Waals surface area contributed by atoms with E-state index in [1.807, 2.05) is 0 Å². The fourth-order valence-corrected chi connectivity index (χ4v) is 4.95. The first-order valence-corrected chi connectivity index (χ1v) is 10.1. The molecule has 6 heteroatoms. The Morgan fingerprint density at radius 2 is 1.89 bits per heavy atom. The second-order valence-corrected chi connectivity index (χ2v) is 8.57. The number of alkyl carbamates (subject to hydrolysis) is 1. The largest absolute Gasteiger partial charge is 0.446 e. The van der Waals surface area contributed by atoms with Gasteiger partial charge in [0, 0.05) is 18.2 Å². The van der Waals surface area contributed by atoms with Crippen LogP contribution in [0, 0.1) is 17.0 Å². The molecule has 4 nitrogen and oxygen atoms in total. The second kappa shape index (κ2) is 7.74. The third kappa shape index (κ3) is 4.42. The number of halogens is 2. The van der Waals surface area contributed by atoms with E-state index in [-0.39, 0.29) is 24.1 Å². The smallest absolute Gasteiger partial charge is 0.407 e. The number of amides is 1. The van der Waals surface area contributed by atoms with Gasteiger partial charge < -0.3 is 10.1 Å². The average Bonchev–Trinajstić information content (AvgIpc) is 3.11. The first-order valence-electron chi connectivity index (χ1n) is 10.1. The van der Waals surface area contributed by atoms with E-state index in [4.69, 9.17) is 4.74 Å². The molecule has 148 valence electrons. The minimum Gasteiger partial charge on any atom is -0.446 e. The highest BCUT2D eigenvalue weighted by Crippen LogP contribution is 2.49. The van der Waals surface area contributed by atoms with Gasteiger partial charge in [-0.3, -0.25) is 4.90 Å². The van der Waals surface area contributed by atoms with E-state index in [1.54, 1.807) is 0 Å². The van der Waals surface area contributed by atoms with Gasteiger partial charge in [-0.2, -0.15) is 0 Å². The lowest BCUT2D eigenvalue weighted by atomic mass is 9.60. The van der Waals surface area contributed by atoms with E-state index in [0.29, 0.717) is 17.5 Å². The maximum atomic E-state index is 13.8. The first kappa shape index (κ1) is 18.7. The van der Waals surface area contributed by atoms with Crippen molar-refractivity contribution in [3.8, 4) is 0 Å². The number of likely N-dealkylation sites (tertiary alicyclic amines) is 1. The van der Waals surface area contributed by atoms with Crippen molar-refractivity contribution in [1.82, 2.24) is 10.2 Å². The number of rotatable bonds is 4. The predicted octanol–water partition coefficient (Wildman–Crippen LogP) is 4.38. The molecule has 0 bridgehead atoms. The molecule has 1 spiro atoms. The lowest BCUT2D eigenvalue weighted by Crippen LogP contribution is -2.55. The maximum absolute atomic E-state index is 13.8. The van der Waals surface area contributed by atoms with Crippen LogP contribution < -0.4 is 5.32 Å². The molecule has 0 unspecified atom stereocenters. The summed E-state index contributed by atoms with van der Waals surface area (Å²) in [6, 6.07) is 3.86. The number of hydrogen-bond donors (Lipinski definition) is 1. The van der Waals surface area contributed by atoms with E-state index in [9.17, 15) is 13.6 Å². The van der Waals surface area contributed by atoms with Crippen LogP contribution in [-0.2, 0) is 11.3 Å². The molecule has 3 aliphatic rings. The van der Waals surface area contributed by atoms with Crippen LogP contribution in [0.2, 0.25) is 0 Å². The number of carbonyl (C=O) groups excluding carboxylic acids is 1. The van der Waals surface area contributed by atoms with Gasteiger partial charge in [-0.25, -0.2) is 13.6 Å². The van der Waals surface area contributed by atoms with Gasteiger partial charge in [0.1, 0.15) is 17.7 Å². The zero-order valence-electron chi connectivity index (χ0n) is 15.7. The topological polar surface area (TPSA) is 41.6 Å². The van der Waals surface area contributed by atoms with Crippen LogP contribution in [0.25, 0.3) is 0 Å². The van der Waals surface area contributed by atoms with Gasteiger partial charge in [0.2, 0.25) is 0 Å². The van der Waals surface area contributed by atoms with Crippen LogP contribution in [0.15, 0.2) is 18.2 Å². The molecule has 1 aliphatic heterocycles. The van der Waals surface area contributed by atoms with Crippen LogP contribution in [0.5, 0.6) is 0 Å². The summed E-state index contributed by atoms with van der Waals surface area (Å²) in [5.74, 6) is -0.734. The van der Waals surface area contributed by atoms with Crippen molar-refractivity contribution < 1.29 is 18.3 Å². The highest BCUT2D eigenvalue weighted by Gasteiger charge is 2.46. The van der Waals surface area contributed by atoms with Crippen molar-refractivity contribution in [3.05, 3.63) is 35.4 Å². The minimum absolute atomic E-state index is 0.102. The van der Waals surface area contributed by atoms with Gasteiger partial charge in [0.25, 0.3) is 0 Å². The van der Waals surface area contributed by atoms with Crippen LogP contribution in [-0.4, -0.2) is 36.2 Å². The summed E-state index contributed by atoms with van der Waals surface area (Å²) in [5, 5.41) is 3.01. The van der Waals surface area contributed by atoms with Gasteiger partial charge in [-0.1, -0.05) is 0 Å². The number of nitrogens with zero attached hydrogens (tertiary/aromatic N) is 1. The Morgan fingerprint density at radius 3 is 2.59 bits per heavy atom. The molecule has 2 aliphatic carbocycles. The van der Waals surface area contributed by atoms with Crippen LogP contribution in [0.4, 0.5) is 13.6 Å². The van der Waals surface area contributed by atoms with Crippen molar-refractivity contribution in [1.29, 1.82) is 0 Å². The van der Waals surface area contributed by atoms with Crippen LogP contribution in [0.1, 0.15) is 56.9 Å². The molecule has 1 saturated heterocycles. The molecule has 0 atom stereocenters. The minimum atomic E-state index is -0.391. The Balaban J connectivity index is 1.20. The lowest BCUT2D eigenvalue weighted by molar-refractivity contribution is 0.000805. The van der Waals surface area contributed by atoms with E-state index in [1.165, 1.54) is 12.1 Å². The third-order valence-corrected chi connectivity index (χ3v) is 6.58.